The fourth-order valence-electron chi connectivity index (χ4n) is 3.37. The molecule has 0 saturated carbocycles. The maximum atomic E-state index is 11.2. The molecule has 0 amide bonds. The smallest absolute Gasteiger partial charge is 0.307 e. The SMILES string of the molecule is Cc1ccc(C(C)(C)C[C@H](C)N2CCC[C@H](C(=O)O)C2)o1. The molecular formula is C17H27NO3. The van der Waals surface area contributed by atoms with Crippen LogP contribution in [-0.4, -0.2) is 35.1 Å². The number of carbonyl (C=O) groups is 1. The molecule has 0 spiro atoms. The van der Waals surface area contributed by atoms with Gasteiger partial charge in [-0.05, 0) is 51.8 Å². The number of nitrogens with zero attached hydrogens (tertiary/aromatic N) is 1. The molecule has 1 aromatic rings. The Morgan fingerprint density at radius 2 is 2.24 bits per heavy atom. The van der Waals surface area contributed by atoms with Crippen LogP contribution in [0.15, 0.2) is 16.5 Å². The normalized spacial score (nSPS) is 22.2. The number of piperidine rings is 1. The van der Waals surface area contributed by atoms with Gasteiger partial charge in [0.05, 0.1) is 5.92 Å². The van der Waals surface area contributed by atoms with Gasteiger partial charge in [-0.15, -0.1) is 0 Å². The summed E-state index contributed by atoms with van der Waals surface area (Å²) in [6.07, 6.45) is 2.74. The van der Waals surface area contributed by atoms with Crippen molar-refractivity contribution in [2.45, 2.75) is 58.4 Å². The number of rotatable bonds is 5. The lowest BCUT2D eigenvalue weighted by Crippen LogP contribution is -2.45. The molecule has 1 N–H and O–H groups in total. The van der Waals surface area contributed by atoms with Crippen LogP contribution in [0, 0.1) is 12.8 Å². The number of carboxylic acid groups (broad SMARTS) is 1. The number of furan rings is 1. The number of carboxylic acids is 1. The van der Waals surface area contributed by atoms with Crippen LogP contribution in [0.2, 0.25) is 0 Å². The van der Waals surface area contributed by atoms with Crippen LogP contribution in [0.25, 0.3) is 0 Å². The fraction of sp³-hybridized carbons (Fsp3) is 0.706. The Morgan fingerprint density at radius 3 is 2.81 bits per heavy atom. The molecule has 2 rings (SSSR count). The van der Waals surface area contributed by atoms with Crippen molar-refractivity contribution in [1.29, 1.82) is 0 Å². The molecule has 0 unspecified atom stereocenters. The first-order valence-corrected chi connectivity index (χ1v) is 7.83. The Labute approximate surface area is 127 Å². The summed E-state index contributed by atoms with van der Waals surface area (Å²) in [7, 11) is 0. The number of hydrogen-bond acceptors (Lipinski definition) is 3. The van der Waals surface area contributed by atoms with Gasteiger partial charge in [0.15, 0.2) is 0 Å². The second-order valence-electron chi connectivity index (χ2n) is 7.02. The third-order valence-electron chi connectivity index (χ3n) is 4.64. The molecule has 2 heterocycles. The summed E-state index contributed by atoms with van der Waals surface area (Å²) in [5.74, 6) is 1.08. The standard InChI is InChI=1S/C17H27NO3/c1-12(18-9-5-6-14(11-18)16(19)20)10-17(3,4)15-8-7-13(2)21-15/h7-8,12,14H,5-6,9-11H2,1-4H3,(H,19,20)/t12-,14-/m0/s1. The lowest BCUT2D eigenvalue weighted by Gasteiger charge is -2.38. The largest absolute Gasteiger partial charge is 0.481 e. The number of aliphatic carboxylic acids is 1. The van der Waals surface area contributed by atoms with E-state index in [1.54, 1.807) is 0 Å². The van der Waals surface area contributed by atoms with Crippen molar-refractivity contribution in [2.24, 2.45) is 5.92 Å². The van der Waals surface area contributed by atoms with Gasteiger partial charge in [0.2, 0.25) is 0 Å². The Morgan fingerprint density at radius 1 is 1.52 bits per heavy atom. The van der Waals surface area contributed by atoms with Gasteiger partial charge < -0.3 is 9.52 Å². The van der Waals surface area contributed by atoms with E-state index in [0.29, 0.717) is 12.6 Å². The molecule has 1 aliphatic heterocycles. The number of aryl methyl sites for hydroxylation is 1. The van der Waals surface area contributed by atoms with E-state index in [4.69, 9.17) is 4.42 Å². The average molecular weight is 293 g/mol. The third kappa shape index (κ3) is 3.88. The zero-order valence-electron chi connectivity index (χ0n) is 13.6. The highest BCUT2D eigenvalue weighted by Crippen LogP contribution is 2.32. The van der Waals surface area contributed by atoms with E-state index >= 15 is 0 Å². The molecule has 0 radical (unpaired) electrons. The van der Waals surface area contributed by atoms with Crippen LogP contribution in [0.5, 0.6) is 0 Å². The summed E-state index contributed by atoms with van der Waals surface area (Å²) in [5.41, 5.74) is -0.0379. The highest BCUT2D eigenvalue weighted by atomic mass is 16.4. The number of likely N-dealkylation sites (tertiary alicyclic amines) is 1. The van der Waals surface area contributed by atoms with Gasteiger partial charge in [0.25, 0.3) is 0 Å². The first-order valence-electron chi connectivity index (χ1n) is 7.83. The molecule has 21 heavy (non-hydrogen) atoms. The molecule has 0 aromatic carbocycles. The lowest BCUT2D eigenvalue weighted by molar-refractivity contribution is -0.143. The lowest BCUT2D eigenvalue weighted by atomic mass is 9.82. The van der Waals surface area contributed by atoms with Crippen LogP contribution in [0.3, 0.4) is 0 Å². The predicted molar refractivity (Wildman–Crippen MR) is 82.5 cm³/mol. The first-order chi connectivity index (χ1) is 9.79. The zero-order chi connectivity index (χ0) is 15.6. The van der Waals surface area contributed by atoms with Gasteiger partial charge in [-0.1, -0.05) is 13.8 Å². The summed E-state index contributed by atoms with van der Waals surface area (Å²) in [4.78, 5) is 13.5. The molecule has 0 bridgehead atoms. The van der Waals surface area contributed by atoms with Gasteiger partial charge in [0, 0.05) is 18.0 Å². The van der Waals surface area contributed by atoms with Crippen LogP contribution in [0.4, 0.5) is 0 Å². The van der Waals surface area contributed by atoms with Crippen molar-refractivity contribution in [2.75, 3.05) is 13.1 Å². The van der Waals surface area contributed by atoms with Crippen molar-refractivity contribution in [3.05, 3.63) is 23.7 Å². The molecule has 2 atom stereocenters. The highest BCUT2D eigenvalue weighted by Gasteiger charge is 2.32. The average Bonchev–Trinajstić information content (AvgIpc) is 2.86. The van der Waals surface area contributed by atoms with Gasteiger partial charge in [-0.25, -0.2) is 0 Å². The van der Waals surface area contributed by atoms with Gasteiger partial charge in [0.1, 0.15) is 11.5 Å². The van der Waals surface area contributed by atoms with Crippen molar-refractivity contribution >= 4 is 5.97 Å². The summed E-state index contributed by atoms with van der Waals surface area (Å²) >= 11 is 0. The van der Waals surface area contributed by atoms with Crippen molar-refractivity contribution in [3.63, 3.8) is 0 Å². The molecule has 4 nitrogen and oxygen atoms in total. The van der Waals surface area contributed by atoms with E-state index in [-0.39, 0.29) is 11.3 Å². The molecule has 4 heteroatoms. The molecule has 0 aliphatic carbocycles. The maximum absolute atomic E-state index is 11.2. The summed E-state index contributed by atoms with van der Waals surface area (Å²) in [6.45, 7) is 10.2. The minimum absolute atomic E-state index is 0.0379. The monoisotopic (exact) mass is 293 g/mol. The topological polar surface area (TPSA) is 53.7 Å². The van der Waals surface area contributed by atoms with Crippen molar-refractivity contribution in [3.8, 4) is 0 Å². The number of hydrogen-bond donors (Lipinski definition) is 1. The molecule has 1 aliphatic rings. The van der Waals surface area contributed by atoms with Crippen LogP contribution < -0.4 is 0 Å². The highest BCUT2D eigenvalue weighted by molar-refractivity contribution is 5.70. The Balaban J connectivity index is 2.00. The van der Waals surface area contributed by atoms with E-state index in [0.717, 1.165) is 37.3 Å². The van der Waals surface area contributed by atoms with Gasteiger partial charge in [-0.3, -0.25) is 9.69 Å². The first kappa shape index (κ1) is 16.1. The molecular weight excluding hydrogens is 266 g/mol. The molecule has 118 valence electrons. The Kier molecular flexibility index (Phi) is 4.77. The minimum Gasteiger partial charge on any atom is -0.481 e. The zero-order valence-corrected chi connectivity index (χ0v) is 13.6. The maximum Gasteiger partial charge on any atom is 0.307 e. The third-order valence-corrected chi connectivity index (χ3v) is 4.64. The van der Waals surface area contributed by atoms with E-state index < -0.39 is 5.97 Å². The van der Waals surface area contributed by atoms with Crippen LogP contribution in [-0.2, 0) is 10.2 Å². The van der Waals surface area contributed by atoms with Crippen molar-refractivity contribution in [1.82, 2.24) is 4.90 Å². The van der Waals surface area contributed by atoms with E-state index in [1.807, 2.05) is 13.0 Å². The van der Waals surface area contributed by atoms with Crippen molar-refractivity contribution < 1.29 is 14.3 Å². The van der Waals surface area contributed by atoms with Gasteiger partial charge in [-0.2, -0.15) is 0 Å². The quantitative estimate of drug-likeness (QED) is 0.903. The second kappa shape index (κ2) is 6.22. The van der Waals surface area contributed by atoms with Gasteiger partial charge >= 0.3 is 5.97 Å². The minimum atomic E-state index is -0.659. The summed E-state index contributed by atoms with van der Waals surface area (Å²) in [6, 6.07) is 4.41. The van der Waals surface area contributed by atoms with E-state index in [1.165, 1.54) is 0 Å². The summed E-state index contributed by atoms with van der Waals surface area (Å²) in [5, 5.41) is 9.21. The van der Waals surface area contributed by atoms with E-state index in [2.05, 4.69) is 31.7 Å². The second-order valence-corrected chi connectivity index (χ2v) is 7.02. The molecule has 1 fully saturated rings. The fourth-order valence-corrected chi connectivity index (χ4v) is 3.37. The van der Waals surface area contributed by atoms with E-state index in [9.17, 15) is 9.90 Å². The Bertz CT molecular complexity index is 492. The van der Waals surface area contributed by atoms with Crippen LogP contribution >= 0.6 is 0 Å². The van der Waals surface area contributed by atoms with Crippen LogP contribution in [0.1, 0.15) is 51.6 Å². The molecule has 1 saturated heterocycles. The summed E-state index contributed by atoms with van der Waals surface area (Å²) < 4.78 is 5.78. The predicted octanol–water partition coefficient (Wildman–Crippen LogP) is 3.44. The molecule has 1 aromatic heterocycles. The Hall–Kier alpha value is -1.29.